The average Bonchev–Trinajstić information content (AvgIpc) is 2.46. The number of benzene rings is 1. The van der Waals surface area contributed by atoms with Gasteiger partial charge in [0.05, 0.1) is 23.0 Å². The number of hydrogen-bond acceptors (Lipinski definition) is 4. The number of rotatable bonds is 6. The third-order valence-corrected chi connectivity index (χ3v) is 4.02. The summed E-state index contributed by atoms with van der Waals surface area (Å²) in [5, 5.41) is 14.4. The Hall–Kier alpha value is -1.43. The van der Waals surface area contributed by atoms with E-state index in [1.165, 1.54) is 0 Å². The summed E-state index contributed by atoms with van der Waals surface area (Å²) >= 11 is 5.92. The Labute approximate surface area is 128 Å². The average molecular weight is 310 g/mol. The Morgan fingerprint density at radius 1 is 1.38 bits per heavy atom. The van der Waals surface area contributed by atoms with Gasteiger partial charge >= 0.3 is 0 Å². The standard InChI is InChI=1S/C15H20ClN3O2/c1-3-15(21,4-2)9-17-8-13-18-12-7-10(16)5-6-11(12)14(20)19-13/h5-7,17,21H,3-4,8-9H2,1-2H3,(H,18,19,20). The zero-order chi connectivity index (χ0) is 15.5. The molecule has 21 heavy (non-hydrogen) atoms. The highest BCUT2D eigenvalue weighted by molar-refractivity contribution is 6.31. The van der Waals surface area contributed by atoms with Crippen LogP contribution >= 0.6 is 11.6 Å². The van der Waals surface area contributed by atoms with Gasteiger partial charge in [-0.25, -0.2) is 4.98 Å². The van der Waals surface area contributed by atoms with E-state index in [4.69, 9.17) is 11.6 Å². The van der Waals surface area contributed by atoms with Gasteiger partial charge in [-0.15, -0.1) is 0 Å². The van der Waals surface area contributed by atoms with E-state index in [9.17, 15) is 9.90 Å². The molecule has 2 aromatic rings. The highest BCUT2D eigenvalue weighted by Crippen LogP contribution is 2.15. The molecule has 0 atom stereocenters. The van der Waals surface area contributed by atoms with Crippen LogP contribution in [0.2, 0.25) is 5.02 Å². The van der Waals surface area contributed by atoms with E-state index in [-0.39, 0.29) is 5.56 Å². The molecule has 0 bridgehead atoms. The topological polar surface area (TPSA) is 78.0 Å². The lowest BCUT2D eigenvalue weighted by Gasteiger charge is -2.25. The predicted molar refractivity (Wildman–Crippen MR) is 84.6 cm³/mol. The van der Waals surface area contributed by atoms with E-state index in [0.29, 0.717) is 47.7 Å². The van der Waals surface area contributed by atoms with Crippen molar-refractivity contribution in [2.75, 3.05) is 6.54 Å². The number of aromatic amines is 1. The maximum atomic E-state index is 12.0. The number of aliphatic hydroxyl groups is 1. The second kappa shape index (κ2) is 6.56. The van der Waals surface area contributed by atoms with Crippen LogP contribution in [0.5, 0.6) is 0 Å². The number of halogens is 1. The van der Waals surface area contributed by atoms with E-state index < -0.39 is 5.60 Å². The van der Waals surface area contributed by atoms with Crippen LogP contribution in [0, 0.1) is 0 Å². The molecule has 3 N–H and O–H groups in total. The summed E-state index contributed by atoms with van der Waals surface area (Å²) in [5.41, 5.74) is -0.334. The van der Waals surface area contributed by atoms with Gasteiger partial charge < -0.3 is 15.4 Å². The maximum absolute atomic E-state index is 12.0. The molecule has 1 aromatic heterocycles. The summed E-state index contributed by atoms with van der Waals surface area (Å²) in [6.07, 6.45) is 1.35. The van der Waals surface area contributed by atoms with Crippen LogP contribution in [0.25, 0.3) is 10.9 Å². The fourth-order valence-electron chi connectivity index (χ4n) is 2.16. The van der Waals surface area contributed by atoms with E-state index >= 15 is 0 Å². The summed E-state index contributed by atoms with van der Waals surface area (Å²) in [4.78, 5) is 19.1. The summed E-state index contributed by atoms with van der Waals surface area (Å²) in [6, 6.07) is 5.00. The molecular weight excluding hydrogens is 290 g/mol. The third-order valence-electron chi connectivity index (χ3n) is 3.78. The molecular formula is C15H20ClN3O2. The van der Waals surface area contributed by atoms with E-state index in [2.05, 4.69) is 15.3 Å². The Morgan fingerprint density at radius 3 is 2.76 bits per heavy atom. The molecule has 0 saturated carbocycles. The fourth-order valence-corrected chi connectivity index (χ4v) is 2.32. The molecule has 0 unspecified atom stereocenters. The van der Waals surface area contributed by atoms with Crippen LogP contribution in [0.3, 0.4) is 0 Å². The van der Waals surface area contributed by atoms with Crippen LogP contribution < -0.4 is 10.9 Å². The first-order valence-electron chi connectivity index (χ1n) is 7.09. The maximum Gasteiger partial charge on any atom is 0.258 e. The van der Waals surface area contributed by atoms with E-state index in [1.807, 2.05) is 13.8 Å². The normalized spacial score (nSPS) is 12.0. The monoisotopic (exact) mass is 309 g/mol. The zero-order valence-corrected chi connectivity index (χ0v) is 13.0. The van der Waals surface area contributed by atoms with Crippen molar-refractivity contribution in [3.8, 4) is 0 Å². The smallest absolute Gasteiger partial charge is 0.258 e. The Balaban J connectivity index is 2.14. The Morgan fingerprint density at radius 2 is 2.10 bits per heavy atom. The number of aromatic nitrogens is 2. The number of nitrogens with one attached hydrogen (secondary N) is 2. The summed E-state index contributed by atoms with van der Waals surface area (Å²) in [6.45, 7) is 4.74. The molecule has 114 valence electrons. The van der Waals surface area contributed by atoms with Gasteiger partial charge in [-0.3, -0.25) is 4.79 Å². The Bertz CT molecular complexity index is 680. The highest BCUT2D eigenvalue weighted by Gasteiger charge is 2.21. The van der Waals surface area contributed by atoms with Gasteiger partial charge in [0, 0.05) is 11.6 Å². The van der Waals surface area contributed by atoms with E-state index in [1.54, 1.807) is 18.2 Å². The van der Waals surface area contributed by atoms with Crippen molar-refractivity contribution < 1.29 is 5.11 Å². The lowest BCUT2D eigenvalue weighted by atomic mass is 9.98. The zero-order valence-electron chi connectivity index (χ0n) is 12.2. The van der Waals surface area contributed by atoms with Crippen molar-refractivity contribution in [2.45, 2.75) is 38.8 Å². The second-order valence-corrected chi connectivity index (χ2v) is 5.65. The van der Waals surface area contributed by atoms with Crippen molar-refractivity contribution in [3.05, 3.63) is 39.4 Å². The number of nitrogens with zero attached hydrogens (tertiary/aromatic N) is 1. The molecule has 1 aromatic carbocycles. The third kappa shape index (κ3) is 3.81. The first-order valence-corrected chi connectivity index (χ1v) is 7.47. The molecule has 0 saturated heterocycles. The predicted octanol–water partition coefficient (Wildman–Crippen LogP) is 2.22. The van der Waals surface area contributed by atoms with E-state index in [0.717, 1.165) is 0 Å². The van der Waals surface area contributed by atoms with Crippen molar-refractivity contribution >= 4 is 22.5 Å². The SMILES string of the molecule is CCC(O)(CC)CNCc1nc2cc(Cl)ccc2c(=O)[nH]1. The van der Waals surface area contributed by atoms with Gasteiger partial charge in [0.1, 0.15) is 5.82 Å². The minimum atomic E-state index is -0.722. The van der Waals surface area contributed by atoms with Gasteiger partial charge in [-0.2, -0.15) is 0 Å². The lowest BCUT2D eigenvalue weighted by Crippen LogP contribution is -2.39. The summed E-state index contributed by atoms with van der Waals surface area (Å²) in [5.74, 6) is 0.532. The van der Waals surface area contributed by atoms with Gasteiger partial charge in [-0.1, -0.05) is 25.4 Å². The molecule has 2 rings (SSSR count). The summed E-state index contributed by atoms with van der Waals surface area (Å²) < 4.78 is 0. The lowest BCUT2D eigenvalue weighted by molar-refractivity contribution is 0.0321. The van der Waals surface area contributed by atoms with Crippen molar-refractivity contribution in [3.63, 3.8) is 0 Å². The molecule has 0 radical (unpaired) electrons. The van der Waals surface area contributed by atoms with Gasteiger partial charge in [0.15, 0.2) is 0 Å². The van der Waals surface area contributed by atoms with Gasteiger partial charge in [0.25, 0.3) is 5.56 Å². The molecule has 5 nitrogen and oxygen atoms in total. The number of H-pyrrole nitrogens is 1. The molecule has 0 aliphatic rings. The quantitative estimate of drug-likeness (QED) is 0.764. The van der Waals surface area contributed by atoms with Crippen molar-refractivity contribution in [1.29, 1.82) is 0 Å². The first-order chi connectivity index (χ1) is 9.97. The van der Waals surface area contributed by atoms with Crippen LogP contribution in [0.1, 0.15) is 32.5 Å². The second-order valence-electron chi connectivity index (χ2n) is 5.21. The van der Waals surface area contributed by atoms with Crippen molar-refractivity contribution in [1.82, 2.24) is 15.3 Å². The molecule has 0 fully saturated rings. The number of hydrogen-bond donors (Lipinski definition) is 3. The van der Waals surface area contributed by atoms with Gasteiger partial charge in [0.2, 0.25) is 0 Å². The van der Waals surface area contributed by atoms with Crippen LogP contribution in [0.15, 0.2) is 23.0 Å². The fraction of sp³-hybridized carbons (Fsp3) is 0.467. The van der Waals surface area contributed by atoms with Crippen LogP contribution in [-0.4, -0.2) is 27.2 Å². The van der Waals surface area contributed by atoms with Crippen LogP contribution in [0.4, 0.5) is 0 Å². The van der Waals surface area contributed by atoms with Crippen molar-refractivity contribution in [2.24, 2.45) is 0 Å². The Kier molecular flexibility index (Phi) is 4.98. The molecule has 0 amide bonds. The minimum Gasteiger partial charge on any atom is -0.389 e. The highest BCUT2D eigenvalue weighted by atomic mass is 35.5. The largest absolute Gasteiger partial charge is 0.389 e. The minimum absolute atomic E-state index is 0.185. The molecule has 0 aliphatic carbocycles. The number of fused-ring (bicyclic) bond motifs is 1. The molecule has 6 heteroatoms. The molecule has 0 aliphatic heterocycles. The van der Waals surface area contributed by atoms with Gasteiger partial charge in [-0.05, 0) is 31.0 Å². The summed E-state index contributed by atoms with van der Waals surface area (Å²) in [7, 11) is 0. The van der Waals surface area contributed by atoms with Crippen LogP contribution in [-0.2, 0) is 6.54 Å². The molecule has 1 heterocycles. The molecule has 0 spiro atoms. The first kappa shape index (κ1) is 15.9.